The Hall–Kier alpha value is -1.06. The quantitative estimate of drug-likeness (QED) is 0.549. The number of carbonyl (C=O) groups excluding carboxylic acids is 1. The van der Waals surface area contributed by atoms with Gasteiger partial charge in [0, 0.05) is 14.0 Å². The predicted molar refractivity (Wildman–Crippen MR) is 86.3 cm³/mol. The average Bonchev–Trinajstić information content (AvgIpc) is 2.44. The molecule has 1 N–H and O–H groups in total. The van der Waals surface area contributed by atoms with Crippen LogP contribution < -0.4 is 0 Å². The minimum absolute atomic E-state index is 0.198. The normalized spacial score (nSPS) is 13.7. The second kappa shape index (κ2) is 10.6. The molecule has 0 bridgehead atoms. The van der Waals surface area contributed by atoms with Gasteiger partial charge in [0.25, 0.3) is 0 Å². The van der Waals surface area contributed by atoms with Crippen molar-refractivity contribution < 1.29 is 14.7 Å². The van der Waals surface area contributed by atoms with Gasteiger partial charge in [-0.25, -0.2) is 4.79 Å². The smallest absolute Gasteiger partial charge is 0.329 e. The summed E-state index contributed by atoms with van der Waals surface area (Å²) < 4.78 is 0. The van der Waals surface area contributed by atoms with Crippen molar-refractivity contribution in [1.29, 1.82) is 0 Å². The van der Waals surface area contributed by atoms with Gasteiger partial charge in [0.2, 0.25) is 5.91 Å². The van der Waals surface area contributed by atoms with E-state index in [1.54, 1.807) is 14.0 Å². The number of amides is 1. The third-order valence-electron chi connectivity index (χ3n) is 4.44. The Morgan fingerprint density at radius 1 is 0.952 bits per heavy atom. The van der Waals surface area contributed by atoms with Gasteiger partial charge in [-0.3, -0.25) is 4.79 Å². The highest BCUT2D eigenvalue weighted by Crippen LogP contribution is 2.22. The topological polar surface area (TPSA) is 57.6 Å². The number of carbonyl (C=O) groups is 2. The minimum Gasteiger partial charge on any atom is -0.480 e. The molecular weight excluding hydrogens is 266 g/mol. The van der Waals surface area contributed by atoms with Crippen molar-refractivity contribution in [2.24, 2.45) is 0 Å². The van der Waals surface area contributed by atoms with Gasteiger partial charge in [-0.05, 0) is 13.3 Å². The van der Waals surface area contributed by atoms with E-state index in [-0.39, 0.29) is 5.91 Å². The summed E-state index contributed by atoms with van der Waals surface area (Å²) in [6.45, 7) is 5.27. The molecule has 0 aliphatic carbocycles. The molecule has 21 heavy (non-hydrogen) atoms. The van der Waals surface area contributed by atoms with E-state index in [4.69, 9.17) is 0 Å². The van der Waals surface area contributed by atoms with Gasteiger partial charge in [0.1, 0.15) is 5.54 Å². The Morgan fingerprint density at radius 2 is 1.38 bits per heavy atom. The molecule has 4 heteroatoms. The van der Waals surface area contributed by atoms with Crippen LogP contribution in [0.15, 0.2) is 0 Å². The van der Waals surface area contributed by atoms with Gasteiger partial charge in [-0.15, -0.1) is 0 Å². The first-order chi connectivity index (χ1) is 9.86. The van der Waals surface area contributed by atoms with Crippen molar-refractivity contribution in [3.8, 4) is 0 Å². The summed E-state index contributed by atoms with van der Waals surface area (Å²) in [5.41, 5.74) is -1.08. The largest absolute Gasteiger partial charge is 0.480 e. The van der Waals surface area contributed by atoms with Gasteiger partial charge >= 0.3 is 5.97 Å². The molecule has 0 aromatic carbocycles. The van der Waals surface area contributed by atoms with Crippen molar-refractivity contribution in [3.63, 3.8) is 0 Å². The van der Waals surface area contributed by atoms with E-state index in [0.717, 1.165) is 19.3 Å². The zero-order chi connectivity index (χ0) is 16.3. The lowest BCUT2D eigenvalue weighted by atomic mass is 9.92. The summed E-state index contributed by atoms with van der Waals surface area (Å²) >= 11 is 0. The number of hydrogen-bond donors (Lipinski definition) is 1. The molecular formula is C17H33NO3. The molecule has 0 aromatic rings. The number of likely N-dealkylation sites (N-methyl/N-ethyl adjacent to an activating group) is 1. The number of aliphatic carboxylic acids is 1. The van der Waals surface area contributed by atoms with E-state index in [9.17, 15) is 14.7 Å². The summed E-state index contributed by atoms with van der Waals surface area (Å²) in [6.07, 6.45) is 11.3. The zero-order valence-corrected chi connectivity index (χ0v) is 14.3. The maximum absolute atomic E-state index is 11.4. The molecule has 0 aliphatic heterocycles. The monoisotopic (exact) mass is 299 g/mol. The maximum atomic E-state index is 11.4. The summed E-state index contributed by atoms with van der Waals surface area (Å²) in [7, 11) is 1.57. The highest BCUT2D eigenvalue weighted by molar-refractivity contribution is 5.85. The van der Waals surface area contributed by atoms with Gasteiger partial charge in [0.15, 0.2) is 0 Å². The number of rotatable bonds is 12. The molecule has 0 aromatic heterocycles. The Bertz CT molecular complexity index is 317. The van der Waals surface area contributed by atoms with Crippen molar-refractivity contribution >= 4 is 11.9 Å². The van der Waals surface area contributed by atoms with E-state index >= 15 is 0 Å². The van der Waals surface area contributed by atoms with Gasteiger partial charge in [-0.1, -0.05) is 64.7 Å². The number of carboxylic acid groups (broad SMARTS) is 1. The van der Waals surface area contributed by atoms with Crippen LogP contribution in [0, 0.1) is 0 Å². The van der Waals surface area contributed by atoms with Crippen LogP contribution in [-0.2, 0) is 9.59 Å². The maximum Gasteiger partial charge on any atom is 0.329 e. The van der Waals surface area contributed by atoms with Crippen LogP contribution in [0.2, 0.25) is 0 Å². The van der Waals surface area contributed by atoms with E-state index in [1.165, 1.54) is 50.3 Å². The Kier molecular flexibility index (Phi) is 10.1. The summed E-state index contributed by atoms with van der Waals surface area (Å²) in [4.78, 5) is 24.2. The van der Waals surface area contributed by atoms with Crippen molar-refractivity contribution in [1.82, 2.24) is 4.90 Å². The molecule has 0 spiro atoms. The number of unbranched alkanes of at least 4 members (excludes halogenated alkanes) is 8. The minimum atomic E-state index is -1.08. The molecule has 1 amide bonds. The zero-order valence-electron chi connectivity index (χ0n) is 14.3. The first-order valence-electron chi connectivity index (χ1n) is 8.34. The summed E-state index contributed by atoms with van der Waals surface area (Å²) in [5, 5.41) is 9.38. The van der Waals surface area contributed by atoms with Crippen LogP contribution >= 0.6 is 0 Å². The van der Waals surface area contributed by atoms with Crippen LogP contribution in [0.1, 0.15) is 85.0 Å². The van der Waals surface area contributed by atoms with Gasteiger partial charge in [-0.2, -0.15) is 0 Å². The molecule has 1 atom stereocenters. The van der Waals surface area contributed by atoms with Crippen molar-refractivity contribution in [3.05, 3.63) is 0 Å². The lowest BCUT2D eigenvalue weighted by Crippen LogP contribution is -2.52. The number of nitrogens with zero attached hydrogens (tertiary/aromatic N) is 1. The van der Waals surface area contributed by atoms with Gasteiger partial charge < -0.3 is 10.0 Å². The fourth-order valence-corrected chi connectivity index (χ4v) is 2.55. The Morgan fingerprint density at radius 3 is 1.76 bits per heavy atom. The predicted octanol–water partition coefficient (Wildman–Crippen LogP) is 4.23. The van der Waals surface area contributed by atoms with E-state index < -0.39 is 11.5 Å². The fraction of sp³-hybridized carbons (Fsp3) is 0.882. The highest BCUT2D eigenvalue weighted by atomic mass is 16.4. The molecule has 0 radical (unpaired) electrons. The Balaban J connectivity index is 3.91. The highest BCUT2D eigenvalue weighted by Gasteiger charge is 2.38. The molecule has 0 fully saturated rings. The van der Waals surface area contributed by atoms with Crippen molar-refractivity contribution in [2.75, 3.05) is 7.05 Å². The number of hydrogen-bond acceptors (Lipinski definition) is 2. The summed E-state index contributed by atoms with van der Waals surface area (Å²) in [5.74, 6) is -1.12. The third kappa shape index (κ3) is 7.49. The number of carboxylic acids is 1. The molecule has 0 unspecified atom stereocenters. The lowest BCUT2D eigenvalue weighted by Gasteiger charge is -2.34. The van der Waals surface area contributed by atoms with Crippen LogP contribution in [0.25, 0.3) is 0 Å². The first kappa shape index (κ1) is 19.9. The third-order valence-corrected chi connectivity index (χ3v) is 4.44. The van der Waals surface area contributed by atoms with Gasteiger partial charge in [0.05, 0.1) is 0 Å². The summed E-state index contributed by atoms with van der Waals surface area (Å²) in [6, 6.07) is 0. The fourth-order valence-electron chi connectivity index (χ4n) is 2.55. The van der Waals surface area contributed by atoms with Crippen LogP contribution in [-0.4, -0.2) is 34.5 Å². The van der Waals surface area contributed by atoms with E-state index in [0.29, 0.717) is 6.42 Å². The molecule has 4 nitrogen and oxygen atoms in total. The molecule has 0 rings (SSSR count). The van der Waals surface area contributed by atoms with Crippen LogP contribution in [0.5, 0.6) is 0 Å². The average molecular weight is 299 g/mol. The standard InChI is InChI=1S/C17H33NO3/c1-5-6-7-8-9-10-11-12-13-14-17(3,16(20)21)18(4)15(2)19/h5-14H2,1-4H3,(H,20,21)/t17-/m0/s1. The molecule has 0 heterocycles. The van der Waals surface area contributed by atoms with Crippen molar-refractivity contribution in [2.45, 2.75) is 90.5 Å². The second-order valence-electron chi connectivity index (χ2n) is 6.24. The van der Waals surface area contributed by atoms with Crippen LogP contribution in [0.3, 0.4) is 0 Å². The van der Waals surface area contributed by atoms with E-state index in [2.05, 4.69) is 6.92 Å². The molecule has 0 saturated heterocycles. The van der Waals surface area contributed by atoms with Crippen LogP contribution in [0.4, 0.5) is 0 Å². The van der Waals surface area contributed by atoms with E-state index in [1.807, 2.05) is 0 Å². The lowest BCUT2D eigenvalue weighted by molar-refractivity contribution is -0.156. The molecule has 0 saturated carbocycles. The molecule has 124 valence electrons. The first-order valence-corrected chi connectivity index (χ1v) is 8.34. The molecule has 0 aliphatic rings. The second-order valence-corrected chi connectivity index (χ2v) is 6.24. The Labute approximate surface area is 129 Å². The SMILES string of the molecule is CCCCCCCCCCC[C@@](C)(C(=O)O)N(C)C(C)=O.